The van der Waals surface area contributed by atoms with Gasteiger partial charge in [-0.2, -0.15) is 0 Å². The summed E-state index contributed by atoms with van der Waals surface area (Å²) < 4.78 is 22.8. The number of quaternary nitrogens is 1. The molecule has 2 unspecified atom stereocenters. The number of likely N-dealkylation sites (N-methyl/N-ethyl adjacent to an activating group) is 1. The summed E-state index contributed by atoms with van der Waals surface area (Å²) in [5.74, 6) is -2.03. The van der Waals surface area contributed by atoms with E-state index < -0.39 is 24.3 Å². The van der Waals surface area contributed by atoms with Gasteiger partial charge < -0.3 is 28.5 Å². The first kappa shape index (κ1) is 65.2. The lowest BCUT2D eigenvalue weighted by atomic mass is 10.0. The highest BCUT2D eigenvalue weighted by atomic mass is 16.7. The lowest BCUT2D eigenvalue weighted by Gasteiger charge is -2.25. The average molecular weight is 960 g/mol. The fraction of sp³-hybridized carbons (Fsp3) is 0.814. The molecule has 0 aromatic heterocycles. The fourth-order valence-electron chi connectivity index (χ4n) is 8.01. The van der Waals surface area contributed by atoms with Crippen molar-refractivity contribution in [1.82, 2.24) is 0 Å². The molecule has 2 atom stereocenters. The first-order chi connectivity index (χ1) is 33.1. The van der Waals surface area contributed by atoms with Gasteiger partial charge in [0.25, 0.3) is 6.29 Å². The molecular formula is C59H108NO8+. The van der Waals surface area contributed by atoms with Gasteiger partial charge in [0.15, 0.2) is 6.10 Å². The second-order valence-corrected chi connectivity index (χ2v) is 20.2. The summed E-state index contributed by atoms with van der Waals surface area (Å²) in [6, 6.07) is 0. The summed E-state index contributed by atoms with van der Waals surface area (Å²) in [6.45, 7) is 4.76. The number of hydrogen-bond donors (Lipinski definition) is 1. The number of carbonyl (C=O) groups excluding carboxylic acids is 2. The number of unbranched alkanes of at least 4 members (excludes halogenated alkanes) is 29. The number of nitrogens with zero attached hydrogens (tertiary/aromatic N) is 1. The maximum Gasteiger partial charge on any atom is 0.361 e. The number of aliphatic carboxylic acids is 1. The zero-order valence-electron chi connectivity index (χ0n) is 45.0. The van der Waals surface area contributed by atoms with Gasteiger partial charge in [0, 0.05) is 12.8 Å². The van der Waals surface area contributed by atoms with E-state index in [0.29, 0.717) is 23.9 Å². The minimum Gasteiger partial charge on any atom is -0.477 e. The molecule has 0 aromatic rings. The minimum absolute atomic E-state index is 0.182. The largest absolute Gasteiger partial charge is 0.477 e. The van der Waals surface area contributed by atoms with Gasteiger partial charge in [0.1, 0.15) is 13.2 Å². The smallest absolute Gasteiger partial charge is 0.361 e. The SMILES string of the molecule is CC/C=C\C/C=C\C/C=C\C/C=C\CCCCCCC(=O)OC(COC(=O)CCCCCCCCCCCCCCCCCCCCCCCCCCCC)COC(OCC[N+](C)(C)C)C(=O)O. The molecule has 0 spiro atoms. The Hall–Kier alpha value is -2.75. The molecule has 0 aliphatic rings. The van der Waals surface area contributed by atoms with Crippen molar-refractivity contribution in [1.29, 1.82) is 0 Å². The first-order valence-corrected chi connectivity index (χ1v) is 28.3. The molecule has 68 heavy (non-hydrogen) atoms. The molecule has 0 amide bonds. The van der Waals surface area contributed by atoms with Crippen molar-refractivity contribution in [2.24, 2.45) is 0 Å². The predicted molar refractivity (Wildman–Crippen MR) is 286 cm³/mol. The number of ether oxygens (including phenoxy) is 4. The Morgan fingerprint density at radius 1 is 0.456 bits per heavy atom. The zero-order valence-corrected chi connectivity index (χ0v) is 45.0. The molecule has 9 nitrogen and oxygen atoms in total. The van der Waals surface area contributed by atoms with Gasteiger partial charge in [0.05, 0.1) is 34.4 Å². The number of esters is 2. The molecule has 1 N–H and O–H groups in total. The molecule has 0 fully saturated rings. The quantitative estimate of drug-likeness (QED) is 0.0211. The molecule has 0 saturated carbocycles. The number of carboxylic acids is 1. The lowest BCUT2D eigenvalue weighted by Crippen LogP contribution is -2.40. The van der Waals surface area contributed by atoms with Crippen LogP contribution in [0.15, 0.2) is 48.6 Å². The maximum atomic E-state index is 12.8. The van der Waals surface area contributed by atoms with Crippen LogP contribution in [0.1, 0.15) is 251 Å². The van der Waals surface area contributed by atoms with E-state index in [1.165, 1.54) is 148 Å². The highest BCUT2D eigenvalue weighted by Crippen LogP contribution is 2.17. The van der Waals surface area contributed by atoms with Gasteiger partial charge in [-0.1, -0.05) is 236 Å². The predicted octanol–water partition coefficient (Wildman–Crippen LogP) is 16.3. The molecule has 0 aromatic carbocycles. The Morgan fingerprint density at radius 2 is 0.838 bits per heavy atom. The van der Waals surface area contributed by atoms with E-state index in [-0.39, 0.29) is 32.2 Å². The average Bonchev–Trinajstić information content (AvgIpc) is 3.30. The Labute approximate surface area is 419 Å². The fourth-order valence-corrected chi connectivity index (χ4v) is 8.01. The molecule has 9 heteroatoms. The third-order valence-corrected chi connectivity index (χ3v) is 12.3. The normalized spacial score (nSPS) is 13.1. The molecule has 0 bridgehead atoms. The van der Waals surface area contributed by atoms with Crippen LogP contribution in [0.3, 0.4) is 0 Å². The Bertz CT molecular complexity index is 1250. The standard InChI is InChI=1S/C59H107NO8/c1-6-8-10-12-14-16-18-20-22-24-25-26-27-28-29-30-31-32-34-35-37-39-41-43-45-47-49-56(61)66-53-55(54-67-59(58(63)64)65-52-51-60(3,4)5)68-57(62)50-48-46-44-42-40-38-36-33-23-21-19-17-15-13-11-9-7-2/h9,11,15,17,21,23,36,38,55,59H,6-8,10,12-14,16,18-20,22,24-35,37,39-54H2,1-5H3/p+1/b11-9-,17-15-,23-21-,38-36-. The van der Waals surface area contributed by atoms with Crippen molar-refractivity contribution in [3.8, 4) is 0 Å². The Balaban J connectivity index is 4.21. The summed E-state index contributed by atoms with van der Waals surface area (Å²) in [5.41, 5.74) is 0. The molecule has 0 heterocycles. The third-order valence-electron chi connectivity index (χ3n) is 12.3. The summed E-state index contributed by atoms with van der Waals surface area (Å²) in [6.07, 6.45) is 59.1. The minimum atomic E-state index is -1.52. The zero-order chi connectivity index (χ0) is 49.9. The topological polar surface area (TPSA) is 108 Å². The van der Waals surface area contributed by atoms with Crippen molar-refractivity contribution in [3.63, 3.8) is 0 Å². The number of allylic oxidation sites excluding steroid dienone is 8. The highest BCUT2D eigenvalue weighted by molar-refractivity contribution is 5.71. The van der Waals surface area contributed by atoms with Crippen LogP contribution in [-0.2, 0) is 33.3 Å². The van der Waals surface area contributed by atoms with E-state index in [2.05, 4.69) is 62.5 Å². The number of rotatable bonds is 52. The van der Waals surface area contributed by atoms with Crippen molar-refractivity contribution < 1.29 is 42.9 Å². The second kappa shape index (κ2) is 50.6. The van der Waals surface area contributed by atoms with Crippen molar-refractivity contribution in [3.05, 3.63) is 48.6 Å². The maximum absolute atomic E-state index is 12.8. The van der Waals surface area contributed by atoms with Gasteiger partial charge in [0.2, 0.25) is 0 Å². The van der Waals surface area contributed by atoms with Gasteiger partial charge in [-0.15, -0.1) is 0 Å². The van der Waals surface area contributed by atoms with Crippen molar-refractivity contribution in [2.45, 2.75) is 264 Å². The van der Waals surface area contributed by atoms with E-state index in [1.807, 2.05) is 21.1 Å². The highest BCUT2D eigenvalue weighted by Gasteiger charge is 2.25. The van der Waals surface area contributed by atoms with Crippen LogP contribution in [0.25, 0.3) is 0 Å². The van der Waals surface area contributed by atoms with Crippen LogP contribution in [0.5, 0.6) is 0 Å². The first-order valence-electron chi connectivity index (χ1n) is 28.3. The van der Waals surface area contributed by atoms with Crippen molar-refractivity contribution >= 4 is 17.9 Å². The monoisotopic (exact) mass is 959 g/mol. The van der Waals surface area contributed by atoms with Crippen LogP contribution >= 0.6 is 0 Å². The summed E-state index contributed by atoms with van der Waals surface area (Å²) in [5, 5.41) is 9.68. The Kier molecular flexibility index (Phi) is 48.6. The molecular weight excluding hydrogens is 851 g/mol. The van der Waals surface area contributed by atoms with E-state index >= 15 is 0 Å². The van der Waals surface area contributed by atoms with E-state index in [9.17, 15) is 19.5 Å². The molecule has 0 aliphatic heterocycles. The second-order valence-electron chi connectivity index (χ2n) is 20.2. The molecule has 0 radical (unpaired) electrons. The lowest BCUT2D eigenvalue weighted by molar-refractivity contribution is -0.870. The molecule has 396 valence electrons. The van der Waals surface area contributed by atoms with Crippen LogP contribution in [0, 0.1) is 0 Å². The van der Waals surface area contributed by atoms with Crippen LogP contribution in [0.4, 0.5) is 0 Å². The van der Waals surface area contributed by atoms with Crippen LogP contribution in [0.2, 0.25) is 0 Å². The van der Waals surface area contributed by atoms with Gasteiger partial charge in [-0.05, 0) is 51.4 Å². The summed E-state index contributed by atoms with van der Waals surface area (Å²) >= 11 is 0. The van der Waals surface area contributed by atoms with Crippen LogP contribution < -0.4 is 0 Å². The molecule has 0 rings (SSSR count). The number of carbonyl (C=O) groups is 3. The van der Waals surface area contributed by atoms with E-state index in [1.54, 1.807) is 0 Å². The van der Waals surface area contributed by atoms with E-state index in [4.69, 9.17) is 18.9 Å². The molecule has 0 aliphatic carbocycles. The van der Waals surface area contributed by atoms with Gasteiger partial charge in [-0.25, -0.2) is 4.79 Å². The van der Waals surface area contributed by atoms with Crippen LogP contribution in [-0.4, -0.2) is 87.4 Å². The third kappa shape index (κ3) is 51.1. The van der Waals surface area contributed by atoms with E-state index in [0.717, 1.165) is 70.6 Å². The Morgan fingerprint density at radius 3 is 1.25 bits per heavy atom. The number of carboxylic acid groups (broad SMARTS) is 1. The summed E-state index contributed by atoms with van der Waals surface area (Å²) in [4.78, 5) is 37.3. The summed E-state index contributed by atoms with van der Waals surface area (Å²) in [7, 11) is 5.96. The number of hydrogen-bond acceptors (Lipinski definition) is 7. The van der Waals surface area contributed by atoms with Gasteiger partial charge >= 0.3 is 17.9 Å². The van der Waals surface area contributed by atoms with Crippen molar-refractivity contribution in [2.75, 3.05) is 47.5 Å². The van der Waals surface area contributed by atoms with Gasteiger partial charge in [-0.3, -0.25) is 9.59 Å². The molecule has 0 saturated heterocycles.